The van der Waals surface area contributed by atoms with E-state index in [0.717, 1.165) is 201 Å². The molecule has 32 rings (SSSR count). The van der Waals surface area contributed by atoms with Crippen LogP contribution in [0.15, 0.2) is 340 Å². The molecule has 16 aromatic heterocycles. The van der Waals surface area contributed by atoms with Gasteiger partial charge in [0.05, 0.1) is 132 Å². The van der Waals surface area contributed by atoms with E-state index in [1.165, 1.54) is 66.8 Å². The lowest BCUT2D eigenvalue weighted by molar-refractivity contribution is 0.590. The zero-order valence-corrected chi connectivity index (χ0v) is 73.4. The minimum atomic E-state index is 0.0851. The Kier molecular flexibility index (Phi) is 14.7. The molecule has 0 atom stereocenters. The molecule has 133 heavy (non-hydrogen) atoms. The van der Waals surface area contributed by atoms with E-state index in [9.17, 15) is 0 Å². The maximum Gasteiger partial charge on any atom is 0.223 e. The topological polar surface area (TPSA) is 156 Å². The van der Waals surface area contributed by atoms with Gasteiger partial charge in [-0.1, -0.05) is 234 Å². The average Bonchev–Trinajstić information content (AvgIpc) is 1.53. The first kappa shape index (κ1) is 73.5. The van der Waals surface area contributed by atoms with E-state index < -0.39 is 0 Å². The number of hydrogen-bond acceptors (Lipinski definition) is 8. The van der Waals surface area contributed by atoms with Gasteiger partial charge in [-0.15, -0.1) is 0 Å². The van der Waals surface area contributed by atoms with Gasteiger partial charge in [0.1, 0.15) is 22.1 Å². The Labute approximate surface area is 754 Å². The van der Waals surface area contributed by atoms with Crippen molar-refractivity contribution in [1.82, 2.24) is 92.7 Å². The van der Waals surface area contributed by atoms with Crippen LogP contribution in [0.1, 0.15) is 62.8 Å². The Morgan fingerprint density at radius 3 is 0.714 bits per heavy atom. The minimum absolute atomic E-state index is 0.0851. The van der Waals surface area contributed by atoms with Crippen LogP contribution >= 0.6 is 0 Å². The Hall–Kier alpha value is -17.5. The predicted molar refractivity (Wildman–Crippen MR) is 538 cm³/mol. The summed E-state index contributed by atoms with van der Waals surface area (Å²) < 4.78 is 27.1. The van der Waals surface area contributed by atoms with Crippen LogP contribution in [-0.2, 0) is 5.41 Å². The van der Waals surface area contributed by atoms with Crippen LogP contribution in [0.2, 0.25) is 0 Å². The van der Waals surface area contributed by atoms with Crippen LogP contribution in [0.4, 0.5) is 0 Å². The molecule has 32 aromatic rings. The number of rotatable bonds is 5. The normalized spacial score (nSPS) is 12.7. The van der Waals surface area contributed by atoms with E-state index in [4.69, 9.17) is 39.9 Å². The fraction of sp³-hybridized carbons (Fsp3) is 0.0796. The van der Waals surface area contributed by atoms with Crippen LogP contribution in [0.3, 0.4) is 0 Å². The Morgan fingerprint density at radius 2 is 0.444 bits per heavy atom. The quantitative estimate of drug-likeness (QED) is 0.165. The number of benzene rings is 16. The summed E-state index contributed by atoms with van der Waals surface area (Å²) >= 11 is 0. The van der Waals surface area contributed by atoms with Crippen molar-refractivity contribution in [2.45, 2.75) is 59.8 Å². The summed E-state index contributed by atoms with van der Waals surface area (Å²) in [6, 6.07) is 120. The zero-order valence-electron chi connectivity index (χ0n) is 73.4. The smallest absolute Gasteiger partial charge is 0.223 e. The van der Waals surface area contributed by atoms with Crippen LogP contribution in [-0.4, -0.2) is 92.7 Å². The van der Waals surface area contributed by atoms with Crippen LogP contribution < -0.4 is 0 Å². The van der Waals surface area contributed by atoms with E-state index in [2.05, 4.69) is 392 Å². The molecule has 0 unspecified atom stereocenters. The summed E-state index contributed by atoms with van der Waals surface area (Å²) in [6.45, 7) is 15.6. The number of aromatic nitrogens is 20. The largest absolute Gasteiger partial charge is 0.276 e. The Bertz CT molecular complexity index is 10100. The van der Waals surface area contributed by atoms with Gasteiger partial charge in [0.25, 0.3) is 0 Å². The maximum atomic E-state index is 5.05. The molecule has 0 aliphatic heterocycles. The minimum Gasteiger partial charge on any atom is -0.276 e. The van der Waals surface area contributed by atoms with Gasteiger partial charge in [-0.2, -0.15) is 0 Å². The molecule has 0 spiro atoms. The third-order valence-corrected chi connectivity index (χ3v) is 27.8. The van der Waals surface area contributed by atoms with Crippen molar-refractivity contribution in [1.29, 1.82) is 0 Å². The molecule has 0 saturated carbocycles. The molecule has 16 heterocycles. The number of nitrogens with zero attached hydrogens (tertiary/aromatic N) is 20. The van der Waals surface area contributed by atoms with Gasteiger partial charge < -0.3 is 0 Å². The first-order valence-electron chi connectivity index (χ1n) is 45.3. The zero-order chi connectivity index (χ0) is 88.0. The van der Waals surface area contributed by atoms with Crippen LogP contribution in [0.5, 0.6) is 0 Å². The fourth-order valence-corrected chi connectivity index (χ4v) is 21.7. The molecule has 0 saturated heterocycles. The highest BCUT2D eigenvalue weighted by Crippen LogP contribution is 2.45. The van der Waals surface area contributed by atoms with Crippen molar-refractivity contribution in [2.24, 2.45) is 0 Å². The van der Waals surface area contributed by atoms with Gasteiger partial charge in [-0.25, -0.2) is 57.5 Å². The molecule has 0 aliphatic carbocycles. The fourth-order valence-electron chi connectivity index (χ4n) is 21.7. The number of imidazole rings is 16. The lowest BCUT2D eigenvalue weighted by atomic mass is 9.85. The second kappa shape index (κ2) is 26.6. The lowest BCUT2D eigenvalue weighted by Crippen LogP contribution is -2.10. The lowest BCUT2D eigenvalue weighted by Gasteiger charge is -2.20. The van der Waals surface area contributed by atoms with E-state index in [1.54, 1.807) is 0 Å². The van der Waals surface area contributed by atoms with E-state index >= 15 is 0 Å². The van der Waals surface area contributed by atoms with Crippen molar-refractivity contribution in [3.05, 3.63) is 362 Å². The summed E-state index contributed by atoms with van der Waals surface area (Å²) in [4.78, 5) is 40.2. The standard InChI is InChI=1S/C30H23N5.C29H21N5.2C27H17N5/c1-30(2,3)20-10-8-9-18(15-20)19-16-25-27-26(17-19)34-24-14-7-5-12-22(24)32-29(34)35(27)28-31-21-11-4-6-13-23(21)33(25)28;1-17(2)18-8-7-9-19(14-18)20-15-25-27-26(16-20)33-24-13-6-4-11-22(24)31-29(33)34(27)28-30-21-10-3-5-12-23(21)32(25)28;1-16-7-6-8-17(13-16)18-14-23-25-24(15-18)31-22-12-5-3-10-20(22)29-27(31)32(25)26-28-19-9-2-4-11-21(19)30(23)26;1-16-8-2-3-9-18(16)17-14-23-25-24(15-17)31-22-13-7-5-11-20(22)29-27(31)32(25)26-28-19-10-4-6-12-21(19)30(23)26/h4-17H,1-3H3;3-17H,1-2H3;2*2-15H,1H3. The highest BCUT2D eigenvalue weighted by Gasteiger charge is 2.31. The molecule has 630 valence electrons. The predicted octanol–water partition coefficient (Wildman–Crippen LogP) is 26.2. The SMILES string of the molecule is CC(C)(C)c1cccc(-c2cc3c4c(c2)n2c5ccccc5nc2n4c2nc4ccccc4n32)c1.CC(C)c1cccc(-c2cc3c4c(c2)n2c5ccccc5nc2n4c2nc4ccccc4n32)c1.Cc1cccc(-c2cc3c4c(c2)n2c5ccccc5nc2n4c2nc4ccccc4n32)c1.Cc1ccccc1-c1cc2c3c(c1)n1c4ccccc4nc1n3c1nc3ccccc3n21. The van der Waals surface area contributed by atoms with Crippen molar-refractivity contribution in [3.8, 4) is 44.5 Å². The summed E-state index contributed by atoms with van der Waals surface area (Å²) in [6.07, 6.45) is 0. The summed E-state index contributed by atoms with van der Waals surface area (Å²) in [7, 11) is 0. The second-order valence-electron chi connectivity index (χ2n) is 37.0. The van der Waals surface area contributed by atoms with Gasteiger partial charge in [-0.3, -0.25) is 35.2 Å². The highest BCUT2D eigenvalue weighted by molar-refractivity contribution is 6.11. The molecule has 20 heteroatoms. The summed E-state index contributed by atoms with van der Waals surface area (Å²) in [5.74, 6) is 7.69. The average molecular weight is 1720 g/mol. The van der Waals surface area contributed by atoms with Gasteiger partial charge in [-0.05, 0) is 232 Å². The van der Waals surface area contributed by atoms with E-state index in [0.29, 0.717) is 5.92 Å². The molecule has 0 amide bonds. The molecule has 0 radical (unpaired) electrons. The third-order valence-electron chi connectivity index (χ3n) is 27.8. The van der Waals surface area contributed by atoms with E-state index in [1.807, 2.05) is 48.5 Å². The van der Waals surface area contributed by atoms with Crippen molar-refractivity contribution in [2.75, 3.05) is 0 Å². The van der Waals surface area contributed by atoms with Crippen LogP contribution in [0, 0.1) is 13.8 Å². The first-order valence-corrected chi connectivity index (χ1v) is 45.3. The molecule has 0 fully saturated rings. The van der Waals surface area contributed by atoms with Crippen molar-refractivity contribution < 1.29 is 0 Å². The number of fused-ring (bicyclic) bond motifs is 40. The molecule has 0 aliphatic rings. The second-order valence-corrected chi connectivity index (χ2v) is 37.0. The number of para-hydroxylation sites is 16. The van der Waals surface area contributed by atoms with Crippen LogP contribution in [0.25, 0.3) is 245 Å². The Morgan fingerprint density at radius 1 is 0.203 bits per heavy atom. The summed E-state index contributed by atoms with van der Waals surface area (Å²) in [5, 5.41) is 0. The third kappa shape index (κ3) is 10.2. The van der Waals surface area contributed by atoms with Gasteiger partial charge >= 0.3 is 0 Å². The Balaban J connectivity index is 0.0000000867. The highest BCUT2D eigenvalue weighted by atomic mass is 15.3. The van der Waals surface area contributed by atoms with Crippen molar-refractivity contribution >= 4 is 201 Å². The van der Waals surface area contributed by atoms with Gasteiger partial charge in [0.15, 0.2) is 0 Å². The molecular formula is C113H78N20. The monoisotopic (exact) mass is 1710 g/mol. The summed E-state index contributed by atoms with van der Waals surface area (Å²) in [5.41, 5.74) is 45.7. The molecule has 20 nitrogen and oxygen atoms in total. The molecule has 16 aromatic carbocycles. The van der Waals surface area contributed by atoms with Gasteiger partial charge in [0, 0.05) is 0 Å². The van der Waals surface area contributed by atoms with Gasteiger partial charge in [0.2, 0.25) is 46.2 Å². The molecule has 0 N–H and O–H groups in total. The number of aryl methyl sites for hydroxylation is 2. The molecular weight excluding hydrogens is 1640 g/mol. The maximum absolute atomic E-state index is 5.05. The molecule has 0 bridgehead atoms. The van der Waals surface area contributed by atoms with E-state index in [-0.39, 0.29) is 5.41 Å². The number of hydrogen-bond donors (Lipinski definition) is 0. The van der Waals surface area contributed by atoms with Crippen molar-refractivity contribution in [3.63, 3.8) is 0 Å². The first-order chi connectivity index (χ1) is 65.2.